The first-order chi connectivity index (χ1) is 7.41. The van der Waals surface area contributed by atoms with Crippen molar-refractivity contribution in [2.75, 3.05) is 14.1 Å². The van der Waals surface area contributed by atoms with Gasteiger partial charge in [-0.15, -0.1) is 0 Å². The fourth-order valence-electron chi connectivity index (χ4n) is 1.10. The summed E-state index contributed by atoms with van der Waals surface area (Å²) in [5.41, 5.74) is 2.10. The summed E-state index contributed by atoms with van der Waals surface area (Å²) in [6, 6.07) is 4.74. The molecule has 0 atom stereocenters. The van der Waals surface area contributed by atoms with Crippen LogP contribution >= 0.6 is 15.9 Å². The highest BCUT2D eigenvalue weighted by Gasteiger charge is 2.07. The number of allylic oxidation sites excluding steroid dienone is 1. The van der Waals surface area contributed by atoms with Gasteiger partial charge in [-0.05, 0) is 40.6 Å². The molecule has 16 heavy (non-hydrogen) atoms. The molecule has 0 unspecified atom stereocenters. The lowest BCUT2D eigenvalue weighted by Crippen LogP contribution is -2.07. The Morgan fingerprint density at radius 3 is 2.56 bits per heavy atom. The lowest BCUT2D eigenvalue weighted by molar-refractivity contribution is -0.384. The number of hydrogen-bond donors (Lipinski definition) is 0. The summed E-state index contributed by atoms with van der Waals surface area (Å²) in [4.78, 5) is 12.1. The lowest BCUT2D eigenvalue weighted by Gasteiger charge is -2.12. The highest BCUT2D eigenvalue weighted by atomic mass is 79.9. The number of rotatable bonds is 3. The number of benzene rings is 1. The topological polar surface area (TPSA) is 46.4 Å². The molecule has 0 amide bonds. The van der Waals surface area contributed by atoms with Gasteiger partial charge in [-0.1, -0.05) is 0 Å². The van der Waals surface area contributed by atoms with Crippen LogP contribution in [-0.2, 0) is 0 Å². The molecule has 4 nitrogen and oxygen atoms in total. The molecule has 86 valence electrons. The maximum absolute atomic E-state index is 10.6. The molecule has 0 aliphatic rings. The van der Waals surface area contributed by atoms with Gasteiger partial charge in [0.25, 0.3) is 5.69 Å². The number of non-ortho nitro benzene ring substituents is 1. The van der Waals surface area contributed by atoms with Crippen molar-refractivity contribution < 1.29 is 4.92 Å². The summed E-state index contributed by atoms with van der Waals surface area (Å²) in [6.07, 6.45) is 1.97. The summed E-state index contributed by atoms with van der Waals surface area (Å²) in [5, 5.41) is 10.6. The van der Waals surface area contributed by atoms with E-state index in [1.165, 1.54) is 12.1 Å². The number of nitrogens with zero attached hydrogens (tertiary/aromatic N) is 2. The SMILES string of the molecule is C/C(=C\c1ccc([N+](=O)[O-])cc1Br)N(C)C. The highest BCUT2D eigenvalue weighted by molar-refractivity contribution is 9.10. The van der Waals surface area contributed by atoms with Gasteiger partial charge in [-0.3, -0.25) is 10.1 Å². The van der Waals surface area contributed by atoms with Gasteiger partial charge in [-0.2, -0.15) is 0 Å². The van der Waals surface area contributed by atoms with E-state index in [4.69, 9.17) is 0 Å². The minimum absolute atomic E-state index is 0.0894. The number of halogens is 1. The molecule has 0 aliphatic carbocycles. The standard InChI is InChI=1S/C11H13BrN2O2/c1-8(13(2)3)6-9-4-5-10(14(15)16)7-11(9)12/h4-7H,1-3H3/b8-6+. The smallest absolute Gasteiger partial charge is 0.270 e. The zero-order valence-corrected chi connectivity index (χ0v) is 11.0. The van der Waals surface area contributed by atoms with Crippen LogP contribution in [0.25, 0.3) is 6.08 Å². The average molecular weight is 285 g/mol. The van der Waals surface area contributed by atoms with Crippen LogP contribution in [0.15, 0.2) is 28.4 Å². The van der Waals surface area contributed by atoms with E-state index in [9.17, 15) is 10.1 Å². The van der Waals surface area contributed by atoms with Crippen LogP contribution in [0.1, 0.15) is 12.5 Å². The van der Waals surface area contributed by atoms with Gasteiger partial charge in [0.15, 0.2) is 0 Å². The molecule has 0 spiro atoms. The molecular formula is C11H13BrN2O2. The molecule has 0 saturated carbocycles. The maximum atomic E-state index is 10.6. The average Bonchev–Trinajstić information content (AvgIpc) is 2.20. The summed E-state index contributed by atoms with van der Waals surface area (Å²) < 4.78 is 0.725. The van der Waals surface area contributed by atoms with E-state index in [2.05, 4.69) is 15.9 Å². The first-order valence-electron chi connectivity index (χ1n) is 4.71. The Hall–Kier alpha value is -1.36. The minimum Gasteiger partial charge on any atom is -0.381 e. The van der Waals surface area contributed by atoms with E-state index in [0.717, 1.165) is 15.7 Å². The summed E-state index contributed by atoms with van der Waals surface area (Å²) in [7, 11) is 3.90. The molecule has 0 fully saturated rings. The van der Waals surface area contributed by atoms with Gasteiger partial charge in [-0.25, -0.2) is 0 Å². The van der Waals surface area contributed by atoms with Crippen LogP contribution in [0.3, 0.4) is 0 Å². The molecule has 0 aliphatic heterocycles. The summed E-state index contributed by atoms with van der Waals surface area (Å²) in [6.45, 7) is 1.98. The Balaban J connectivity index is 3.09. The van der Waals surface area contributed by atoms with E-state index < -0.39 is 4.92 Å². The molecule has 0 N–H and O–H groups in total. The van der Waals surface area contributed by atoms with E-state index in [0.29, 0.717) is 0 Å². The predicted molar refractivity (Wildman–Crippen MR) is 68.1 cm³/mol. The van der Waals surface area contributed by atoms with Gasteiger partial charge in [0, 0.05) is 36.4 Å². The third-order valence-electron chi connectivity index (χ3n) is 2.26. The molecule has 0 heterocycles. The first-order valence-corrected chi connectivity index (χ1v) is 5.50. The first kappa shape index (κ1) is 12.7. The Morgan fingerprint density at radius 2 is 2.12 bits per heavy atom. The number of nitro groups is 1. The Bertz CT molecular complexity index is 442. The van der Waals surface area contributed by atoms with Crippen molar-refractivity contribution in [2.45, 2.75) is 6.92 Å². The molecule has 0 aromatic heterocycles. The van der Waals surface area contributed by atoms with Crippen LogP contribution in [0, 0.1) is 10.1 Å². The second-order valence-electron chi connectivity index (χ2n) is 3.64. The Morgan fingerprint density at radius 1 is 1.50 bits per heavy atom. The largest absolute Gasteiger partial charge is 0.381 e. The van der Waals surface area contributed by atoms with Crippen LogP contribution < -0.4 is 0 Å². The third kappa shape index (κ3) is 3.06. The second kappa shape index (κ2) is 5.12. The fraction of sp³-hybridized carbons (Fsp3) is 0.273. The monoisotopic (exact) mass is 284 g/mol. The van der Waals surface area contributed by atoms with Crippen molar-refractivity contribution in [3.63, 3.8) is 0 Å². The van der Waals surface area contributed by atoms with Crippen LogP contribution in [0.4, 0.5) is 5.69 Å². The van der Waals surface area contributed by atoms with Crippen molar-refractivity contribution in [1.82, 2.24) is 4.90 Å². The van der Waals surface area contributed by atoms with Gasteiger partial charge < -0.3 is 4.90 Å². The maximum Gasteiger partial charge on any atom is 0.270 e. The third-order valence-corrected chi connectivity index (χ3v) is 2.95. The predicted octanol–water partition coefficient (Wildman–Crippen LogP) is 3.28. The van der Waals surface area contributed by atoms with Crippen LogP contribution in [0.2, 0.25) is 0 Å². The number of hydrogen-bond acceptors (Lipinski definition) is 3. The van der Waals surface area contributed by atoms with Crippen LogP contribution in [-0.4, -0.2) is 23.9 Å². The van der Waals surface area contributed by atoms with Gasteiger partial charge >= 0.3 is 0 Å². The molecule has 1 aromatic carbocycles. The number of nitro benzene ring substituents is 1. The van der Waals surface area contributed by atoms with Crippen molar-refractivity contribution in [3.8, 4) is 0 Å². The fourth-order valence-corrected chi connectivity index (χ4v) is 1.58. The van der Waals surface area contributed by atoms with Crippen molar-refractivity contribution >= 4 is 27.7 Å². The summed E-state index contributed by atoms with van der Waals surface area (Å²) in [5.74, 6) is 0. The zero-order valence-electron chi connectivity index (χ0n) is 9.40. The van der Waals surface area contributed by atoms with Crippen molar-refractivity contribution in [1.29, 1.82) is 0 Å². The van der Waals surface area contributed by atoms with Crippen molar-refractivity contribution in [2.24, 2.45) is 0 Å². The van der Waals surface area contributed by atoms with Gasteiger partial charge in [0.1, 0.15) is 0 Å². The Labute approximate surface area is 103 Å². The van der Waals surface area contributed by atoms with Gasteiger partial charge in [0.2, 0.25) is 0 Å². The molecule has 1 rings (SSSR count). The van der Waals surface area contributed by atoms with E-state index >= 15 is 0 Å². The molecule has 1 aromatic rings. The van der Waals surface area contributed by atoms with E-state index in [1.54, 1.807) is 6.07 Å². The second-order valence-corrected chi connectivity index (χ2v) is 4.50. The van der Waals surface area contributed by atoms with Gasteiger partial charge in [0.05, 0.1) is 4.92 Å². The molecule has 0 radical (unpaired) electrons. The molecule has 5 heteroatoms. The van der Waals surface area contributed by atoms with E-state index in [1.807, 2.05) is 32.0 Å². The Kier molecular flexibility index (Phi) is 4.06. The molecule has 0 saturated heterocycles. The lowest BCUT2D eigenvalue weighted by atomic mass is 10.2. The normalized spacial score (nSPS) is 11.4. The summed E-state index contributed by atoms with van der Waals surface area (Å²) >= 11 is 3.33. The minimum atomic E-state index is -0.406. The van der Waals surface area contributed by atoms with E-state index in [-0.39, 0.29) is 5.69 Å². The quantitative estimate of drug-likeness (QED) is 0.632. The molecular weight excluding hydrogens is 272 g/mol. The zero-order chi connectivity index (χ0) is 12.3. The van der Waals surface area contributed by atoms with Crippen LogP contribution in [0.5, 0.6) is 0 Å². The highest BCUT2D eigenvalue weighted by Crippen LogP contribution is 2.25. The molecule has 0 bridgehead atoms. The van der Waals surface area contributed by atoms with Crippen molar-refractivity contribution in [3.05, 3.63) is 44.0 Å².